The number of aromatic nitrogens is 1. The van der Waals surface area contributed by atoms with Crippen LogP contribution in [0.5, 0.6) is 11.5 Å². The van der Waals surface area contributed by atoms with Crippen molar-refractivity contribution >= 4 is 22.1 Å². The number of hydrogen-bond acceptors (Lipinski definition) is 6. The van der Waals surface area contributed by atoms with Gasteiger partial charge in [0.05, 0.1) is 13.2 Å². The van der Waals surface area contributed by atoms with Crippen molar-refractivity contribution in [3.05, 3.63) is 88.4 Å². The fourth-order valence-corrected chi connectivity index (χ4v) is 4.69. The van der Waals surface area contributed by atoms with E-state index in [0.717, 1.165) is 16.1 Å². The first-order valence-corrected chi connectivity index (χ1v) is 11.3. The summed E-state index contributed by atoms with van der Waals surface area (Å²) in [6, 6.07) is 22.4. The molecule has 1 heterocycles. The average molecular weight is 445 g/mol. The summed E-state index contributed by atoms with van der Waals surface area (Å²) >= 11 is 1.50. The Balaban J connectivity index is 1.67. The molecule has 1 aromatic heterocycles. The zero-order valence-corrected chi connectivity index (χ0v) is 18.9. The Hall–Kier alpha value is -3.40. The molecule has 162 valence electrons. The third-order valence-electron chi connectivity index (χ3n) is 5.46. The largest absolute Gasteiger partial charge is 0.497 e. The summed E-state index contributed by atoms with van der Waals surface area (Å²) in [6.07, 6.45) is 2.36. The van der Waals surface area contributed by atoms with Gasteiger partial charge in [-0.15, -0.1) is 11.3 Å². The first-order valence-electron chi connectivity index (χ1n) is 10.4. The molecule has 1 atom stereocenters. The number of nitrogens with zero attached hydrogens (tertiary/aromatic N) is 2. The van der Waals surface area contributed by atoms with Gasteiger partial charge in [0.25, 0.3) is 0 Å². The van der Waals surface area contributed by atoms with Crippen molar-refractivity contribution in [1.82, 2.24) is 4.98 Å². The van der Waals surface area contributed by atoms with Crippen LogP contribution in [0.3, 0.4) is 0 Å². The number of nitriles is 1. The van der Waals surface area contributed by atoms with Crippen LogP contribution in [0, 0.1) is 11.3 Å². The van der Waals surface area contributed by atoms with Gasteiger partial charge in [-0.25, -0.2) is 4.98 Å². The van der Waals surface area contributed by atoms with Crippen LogP contribution in [0.25, 0.3) is 10.8 Å². The molecule has 0 amide bonds. The van der Waals surface area contributed by atoms with E-state index in [0.29, 0.717) is 24.5 Å². The summed E-state index contributed by atoms with van der Waals surface area (Å²) in [6.45, 7) is 2.40. The van der Waals surface area contributed by atoms with Gasteiger partial charge in [0.2, 0.25) is 0 Å². The molecule has 0 aliphatic carbocycles. The topological polar surface area (TPSA) is 64.4 Å². The second kappa shape index (κ2) is 9.82. The molecule has 32 heavy (non-hydrogen) atoms. The molecule has 0 bridgehead atoms. The molecule has 0 saturated carbocycles. The van der Waals surface area contributed by atoms with Crippen LogP contribution < -0.4 is 9.47 Å². The smallest absolute Gasteiger partial charge is 0.146 e. The molecular formula is C26H24N2O3S. The molecule has 4 aromatic rings. The molecule has 0 N–H and O–H groups in total. The van der Waals surface area contributed by atoms with E-state index in [4.69, 9.17) is 19.5 Å². The van der Waals surface area contributed by atoms with Gasteiger partial charge in [-0.3, -0.25) is 0 Å². The zero-order chi connectivity index (χ0) is 22.4. The molecule has 0 aliphatic rings. The number of methoxy groups -OCH3 is 1. The number of rotatable bonds is 9. The maximum absolute atomic E-state index is 9.17. The standard InChI is InChI=1S/C26H24N2O3S/c1-3-26(31-12-10-27,25-28-11-13-32-25)22-15-23(29-2)17-24(16-22)30-18-19-8-9-20-6-4-5-7-21(20)14-19/h4-9,11,13-17H,3,12,18H2,1-2H3. The van der Waals surface area contributed by atoms with Crippen LogP contribution in [0.15, 0.2) is 72.2 Å². The minimum Gasteiger partial charge on any atom is -0.497 e. The van der Waals surface area contributed by atoms with Crippen LogP contribution >= 0.6 is 11.3 Å². The summed E-state index contributed by atoms with van der Waals surface area (Å²) in [7, 11) is 1.62. The Bertz CT molecular complexity index is 1230. The molecule has 0 aliphatic heterocycles. The van der Waals surface area contributed by atoms with Gasteiger partial charge in [0.1, 0.15) is 35.3 Å². The van der Waals surface area contributed by atoms with Gasteiger partial charge >= 0.3 is 0 Å². The quantitative estimate of drug-likeness (QED) is 0.313. The van der Waals surface area contributed by atoms with Crippen molar-refractivity contribution in [2.45, 2.75) is 25.6 Å². The highest BCUT2D eigenvalue weighted by atomic mass is 32.1. The monoisotopic (exact) mass is 444 g/mol. The lowest BCUT2D eigenvalue weighted by molar-refractivity contribution is -0.00304. The Morgan fingerprint density at radius 3 is 2.56 bits per heavy atom. The van der Waals surface area contributed by atoms with Gasteiger partial charge in [-0.05, 0) is 46.5 Å². The second-order valence-corrected chi connectivity index (χ2v) is 8.23. The molecular weight excluding hydrogens is 420 g/mol. The Morgan fingerprint density at radius 2 is 1.84 bits per heavy atom. The predicted molar refractivity (Wildman–Crippen MR) is 126 cm³/mol. The summed E-state index contributed by atoms with van der Waals surface area (Å²) < 4.78 is 17.8. The number of ether oxygens (including phenoxy) is 3. The van der Waals surface area contributed by atoms with E-state index >= 15 is 0 Å². The van der Waals surface area contributed by atoms with Crippen molar-refractivity contribution in [2.75, 3.05) is 13.7 Å². The van der Waals surface area contributed by atoms with Crippen molar-refractivity contribution in [1.29, 1.82) is 5.26 Å². The van der Waals surface area contributed by atoms with E-state index in [1.807, 2.05) is 42.6 Å². The molecule has 6 heteroatoms. The highest BCUT2D eigenvalue weighted by molar-refractivity contribution is 7.09. The van der Waals surface area contributed by atoms with Crippen molar-refractivity contribution in [3.63, 3.8) is 0 Å². The number of fused-ring (bicyclic) bond motifs is 1. The molecule has 3 aromatic carbocycles. The van der Waals surface area contributed by atoms with Crippen LogP contribution in [-0.4, -0.2) is 18.7 Å². The van der Waals surface area contributed by atoms with Gasteiger partial charge in [-0.2, -0.15) is 5.26 Å². The molecule has 0 radical (unpaired) electrons. The van der Waals surface area contributed by atoms with E-state index in [-0.39, 0.29) is 6.61 Å². The van der Waals surface area contributed by atoms with Crippen molar-refractivity contribution in [3.8, 4) is 17.6 Å². The second-order valence-electron chi connectivity index (χ2n) is 7.33. The molecule has 0 fully saturated rings. The number of benzene rings is 3. The normalized spacial score (nSPS) is 12.8. The van der Waals surface area contributed by atoms with Crippen molar-refractivity contribution < 1.29 is 14.2 Å². The van der Waals surface area contributed by atoms with E-state index in [9.17, 15) is 0 Å². The lowest BCUT2D eigenvalue weighted by Crippen LogP contribution is -2.31. The highest BCUT2D eigenvalue weighted by Gasteiger charge is 2.37. The van der Waals surface area contributed by atoms with E-state index < -0.39 is 5.60 Å². The maximum Gasteiger partial charge on any atom is 0.146 e. The molecule has 0 spiro atoms. The minimum absolute atomic E-state index is 0.0437. The molecule has 1 unspecified atom stereocenters. The first-order chi connectivity index (χ1) is 15.7. The fraction of sp³-hybridized carbons (Fsp3) is 0.231. The van der Waals surface area contributed by atoms with Gasteiger partial charge in [0.15, 0.2) is 0 Å². The van der Waals surface area contributed by atoms with E-state index in [2.05, 4.69) is 41.4 Å². The third-order valence-corrected chi connectivity index (χ3v) is 6.38. The highest BCUT2D eigenvalue weighted by Crippen LogP contribution is 2.41. The summed E-state index contributed by atoms with van der Waals surface area (Å²) in [5, 5.41) is 14.3. The van der Waals surface area contributed by atoms with Crippen LogP contribution in [0.2, 0.25) is 0 Å². The summed E-state index contributed by atoms with van der Waals surface area (Å²) in [5.41, 5.74) is 1.08. The summed E-state index contributed by atoms with van der Waals surface area (Å²) in [5.74, 6) is 1.33. The first kappa shape index (κ1) is 21.8. The Kier molecular flexibility index (Phi) is 6.69. The Morgan fingerprint density at radius 1 is 1.03 bits per heavy atom. The van der Waals surface area contributed by atoms with Crippen LogP contribution in [0.4, 0.5) is 0 Å². The lowest BCUT2D eigenvalue weighted by Gasteiger charge is -2.31. The lowest BCUT2D eigenvalue weighted by atomic mass is 9.90. The van der Waals surface area contributed by atoms with Gasteiger partial charge < -0.3 is 14.2 Å². The number of thiazole rings is 1. The van der Waals surface area contributed by atoms with Crippen LogP contribution in [0.1, 0.15) is 29.5 Å². The molecule has 5 nitrogen and oxygen atoms in total. The minimum atomic E-state index is -0.848. The molecule has 0 saturated heterocycles. The third kappa shape index (κ3) is 4.45. The predicted octanol–water partition coefficient (Wildman–Crippen LogP) is 6.08. The summed E-state index contributed by atoms with van der Waals surface area (Å²) in [4.78, 5) is 4.50. The van der Waals surface area contributed by atoms with Gasteiger partial charge in [0, 0.05) is 17.6 Å². The van der Waals surface area contributed by atoms with Crippen molar-refractivity contribution in [2.24, 2.45) is 0 Å². The maximum atomic E-state index is 9.17. The average Bonchev–Trinajstić information content (AvgIpc) is 3.39. The zero-order valence-electron chi connectivity index (χ0n) is 18.1. The molecule has 4 rings (SSSR count). The van der Waals surface area contributed by atoms with Crippen LogP contribution in [-0.2, 0) is 16.9 Å². The van der Waals surface area contributed by atoms with Gasteiger partial charge in [-0.1, -0.05) is 43.3 Å². The van der Waals surface area contributed by atoms with E-state index in [1.165, 1.54) is 22.1 Å². The Labute approximate surface area is 191 Å². The van der Waals surface area contributed by atoms with E-state index in [1.54, 1.807) is 13.3 Å². The number of hydrogen-bond donors (Lipinski definition) is 0. The fourth-order valence-electron chi connectivity index (χ4n) is 3.81. The SMILES string of the molecule is CCC(OCC#N)(c1cc(OC)cc(OCc2ccc3ccccc3c2)c1)c1nccs1.